The predicted octanol–water partition coefficient (Wildman–Crippen LogP) is 2.39. The topological polar surface area (TPSA) is 83.8 Å². The first-order valence-corrected chi connectivity index (χ1v) is 12.4. The highest BCUT2D eigenvalue weighted by Crippen LogP contribution is 2.25. The van der Waals surface area contributed by atoms with Crippen LogP contribution < -0.4 is 20.1 Å². The number of carbonyl (C=O) groups is 1. The number of aryl methyl sites for hydroxylation is 1. The van der Waals surface area contributed by atoms with Crippen LogP contribution in [0.15, 0.2) is 47.4 Å². The molecule has 2 aliphatic heterocycles. The highest BCUT2D eigenvalue weighted by Gasteiger charge is 2.32. The molecule has 0 bridgehead atoms. The van der Waals surface area contributed by atoms with Crippen molar-refractivity contribution in [3.63, 3.8) is 0 Å². The van der Waals surface area contributed by atoms with Gasteiger partial charge in [0.05, 0.1) is 13.0 Å². The van der Waals surface area contributed by atoms with Gasteiger partial charge in [-0.15, -0.1) is 0 Å². The standard InChI is InChI=1S/C26H32N6O3/c1-3-32-23-22(7-4-12-27-23)28-24(26(32)34)31-13-5-6-19(18-31)25(33)30-16-14-29(15-17-30)20-8-10-21(35-2)11-9-20/h4,7-12,19H,3,5-6,13-18H2,1-2H3. The van der Waals surface area contributed by atoms with Gasteiger partial charge in [0.25, 0.3) is 5.56 Å². The number of rotatable bonds is 5. The molecule has 1 unspecified atom stereocenters. The van der Waals surface area contributed by atoms with Gasteiger partial charge in [0.15, 0.2) is 11.5 Å². The number of ether oxygens (including phenoxy) is 1. The third-order valence-electron chi connectivity index (χ3n) is 7.10. The Balaban J connectivity index is 1.27. The van der Waals surface area contributed by atoms with E-state index in [1.165, 1.54) is 0 Å². The molecule has 2 aliphatic rings. The molecule has 0 N–H and O–H groups in total. The van der Waals surface area contributed by atoms with Crippen molar-refractivity contribution >= 4 is 28.6 Å². The lowest BCUT2D eigenvalue weighted by Crippen LogP contribution is -2.53. The molecule has 0 spiro atoms. The van der Waals surface area contributed by atoms with Gasteiger partial charge < -0.3 is 19.4 Å². The summed E-state index contributed by atoms with van der Waals surface area (Å²) in [6.45, 7) is 6.71. The highest BCUT2D eigenvalue weighted by molar-refractivity contribution is 5.80. The van der Waals surface area contributed by atoms with Crippen molar-refractivity contribution in [3.8, 4) is 5.75 Å². The van der Waals surface area contributed by atoms with E-state index in [4.69, 9.17) is 4.74 Å². The van der Waals surface area contributed by atoms with E-state index in [0.29, 0.717) is 43.2 Å². The van der Waals surface area contributed by atoms with Crippen LogP contribution in [0.5, 0.6) is 5.75 Å². The average molecular weight is 477 g/mol. The number of nitrogens with zero attached hydrogens (tertiary/aromatic N) is 6. The minimum Gasteiger partial charge on any atom is -0.497 e. The van der Waals surface area contributed by atoms with E-state index in [0.717, 1.165) is 43.9 Å². The fourth-order valence-electron chi connectivity index (χ4n) is 5.17. The second-order valence-corrected chi connectivity index (χ2v) is 9.13. The van der Waals surface area contributed by atoms with Gasteiger partial charge in [-0.3, -0.25) is 14.2 Å². The van der Waals surface area contributed by atoms with Crippen molar-refractivity contribution in [3.05, 3.63) is 52.9 Å². The molecular formula is C26H32N6O3. The fraction of sp³-hybridized carbons (Fsp3) is 0.462. The summed E-state index contributed by atoms with van der Waals surface area (Å²) in [5, 5.41) is 0. The molecule has 3 aromatic rings. The van der Waals surface area contributed by atoms with Crippen LogP contribution >= 0.6 is 0 Å². The number of piperidine rings is 1. The quantitative estimate of drug-likeness (QED) is 0.559. The average Bonchev–Trinajstić information content (AvgIpc) is 2.92. The SMILES string of the molecule is CCn1c(=O)c(N2CCCC(C(=O)N3CCN(c4ccc(OC)cc4)CC3)C2)nc2cccnc21. The molecule has 1 amide bonds. The Kier molecular flexibility index (Phi) is 6.57. The number of anilines is 2. The summed E-state index contributed by atoms with van der Waals surface area (Å²) in [4.78, 5) is 41.9. The van der Waals surface area contributed by atoms with E-state index < -0.39 is 0 Å². The van der Waals surface area contributed by atoms with Gasteiger partial charge in [-0.1, -0.05) is 0 Å². The summed E-state index contributed by atoms with van der Waals surface area (Å²) in [5.41, 5.74) is 2.31. The maximum absolute atomic E-state index is 13.4. The Hall–Kier alpha value is -3.62. The number of pyridine rings is 1. The number of hydrogen-bond donors (Lipinski definition) is 0. The Morgan fingerprint density at radius 3 is 2.54 bits per heavy atom. The molecule has 2 aromatic heterocycles. The summed E-state index contributed by atoms with van der Waals surface area (Å²) in [6.07, 6.45) is 3.38. The van der Waals surface area contributed by atoms with Gasteiger partial charge in [-0.05, 0) is 56.2 Å². The molecule has 2 fully saturated rings. The number of hydrogen-bond acceptors (Lipinski definition) is 7. The first-order valence-electron chi connectivity index (χ1n) is 12.4. The molecule has 184 valence electrons. The van der Waals surface area contributed by atoms with Crippen LogP contribution in [0.1, 0.15) is 19.8 Å². The van der Waals surface area contributed by atoms with Crippen LogP contribution in [-0.4, -0.2) is 71.7 Å². The van der Waals surface area contributed by atoms with Crippen LogP contribution in [0.3, 0.4) is 0 Å². The number of amides is 1. The van der Waals surface area contributed by atoms with E-state index in [2.05, 4.69) is 27.0 Å². The molecule has 35 heavy (non-hydrogen) atoms. The number of carbonyl (C=O) groups excluding carboxylic acids is 1. The molecule has 5 rings (SSSR count). The number of piperazine rings is 1. The largest absolute Gasteiger partial charge is 0.497 e. The van der Waals surface area contributed by atoms with Crippen LogP contribution in [-0.2, 0) is 11.3 Å². The molecule has 1 aromatic carbocycles. The molecule has 0 aliphatic carbocycles. The zero-order valence-electron chi connectivity index (χ0n) is 20.4. The highest BCUT2D eigenvalue weighted by atomic mass is 16.5. The lowest BCUT2D eigenvalue weighted by molar-refractivity contribution is -0.136. The van der Waals surface area contributed by atoms with Gasteiger partial charge in [0.2, 0.25) is 5.91 Å². The first kappa shape index (κ1) is 23.1. The zero-order valence-corrected chi connectivity index (χ0v) is 20.4. The van der Waals surface area contributed by atoms with Crippen LogP contribution in [0.4, 0.5) is 11.5 Å². The lowest BCUT2D eigenvalue weighted by Gasteiger charge is -2.40. The molecule has 9 heteroatoms. The van der Waals surface area contributed by atoms with Gasteiger partial charge >= 0.3 is 0 Å². The molecular weight excluding hydrogens is 444 g/mol. The number of methoxy groups -OCH3 is 1. The van der Waals surface area contributed by atoms with Crippen molar-refractivity contribution in [1.82, 2.24) is 19.4 Å². The molecule has 1 atom stereocenters. The molecule has 2 saturated heterocycles. The van der Waals surface area contributed by atoms with Crippen molar-refractivity contribution < 1.29 is 9.53 Å². The smallest absolute Gasteiger partial charge is 0.295 e. The second-order valence-electron chi connectivity index (χ2n) is 9.13. The van der Waals surface area contributed by atoms with Crippen molar-refractivity contribution in [1.29, 1.82) is 0 Å². The van der Waals surface area contributed by atoms with Crippen molar-refractivity contribution in [2.24, 2.45) is 5.92 Å². The zero-order chi connectivity index (χ0) is 24.4. The number of aromatic nitrogens is 3. The molecule has 4 heterocycles. The third-order valence-corrected chi connectivity index (χ3v) is 7.10. The summed E-state index contributed by atoms with van der Waals surface area (Å²) in [7, 11) is 1.67. The van der Waals surface area contributed by atoms with Gasteiger partial charge in [-0.2, -0.15) is 0 Å². The van der Waals surface area contributed by atoms with E-state index in [-0.39, 0.29) is 17.4 Å². The number of benzene rings is 1. The first-order chi connectivity index (χ1) is 17.1. The summed E-state index contributed by atoms with van der Waals surface area (Å²) >= 11 is 0. The number of fused-ring (bicyclic) bond motifs is 1. The summed E-state index contributed by atoms with van der Waals surface area (Å²) < 4.78 is 6.92. The summed E-state index contributed by atoms with van der Waals surface area (Å²) in [6, 6.07) is 11.8. The van der Waals surface area contributed by atoms with Crippen LogP contribution in [0.2, 0.25) is 0 Å². The molecule has 0 saturated carbocycles. The summed E-state index contributed by atoms with van der Waals surface area (Å²) in [5.74, 6) is 1.32. The van der Waals surface area contributed by atoms with Gasteiger partial charge in [0, 0.05) is 57.7 Å². The van der Waals surface area contributed by atoms with E-state index in [1.54, 1.807) is 17.9 Å². The third kappa shape index (κ3) is 4.54. The minimum absolute atomic E-state index is 0.128. The van der Waals surface area contributed by atoms with Crippen molar-refractivity contribution in [2.75, 3.05) is 56.2 Å². The van der Waals surface area contributed by atoms with E-state index in [9.17, 15) is 9.59 Å². The normalized spacial score (nSPS) is 18.7. The van der Waals surface area contributed by atoms with Gasteiger partial charge in [-0.25, -0.2) is 9.97 Å². The van der Waals surface area contributed by atoms with Crippen molar-refractivity contribution in [2.45, 2.75) is 26.3 Å². The predicted molar refractivity (Wildman–Crippen MR) is 136 cm³/mol. The second kappa shape index (κ2) is 9.93. The van der Waals surface area contributed by atoms with Crippen LogP contribution in [0.25, 0.3) is 11.2 Å². The lowest BCUT2D eigenvalue weighted by atomic mass is 9.96. The van der Waals surface area contributed by atoms with Gasteiger partial charge in [0.1, 0.15) is 11.3 Å². The minimum atomic E-state index is -0.139. The monoisotopic (exact) mass is 476 g/mol. The van der Waals surface area contributed by atoms with Crippen LogP contribution in [0, 0.1) is 5.92 Å². The molecule has 0 radical (unpaired) electrons. The Morgan fingerprint density at radius 2 is 1.83 bits per heavy atom. The Labute approximate surface area is 204 Å². The van der Waals surface area contributed by atoms with E-state index in [1.807, 2.05) is 41.0 Å². The molecule has 9 nitrogen and oxygen atoms in total. The van der Waals surface area contributed by atoms with E-state index >= 15 is 0 Å². The maximum Gasteiger partial charge on any atom is 0.295 e. The fourth-order valence-corrected chi connectivity index (χ4v) is 5.17. The Morgan fingerprint density at radius 1 is 1.06 bits per heavy atom. The Bertz CT molecular complexity index is 1250. The maximum atomic E-state index is 13.4.